The maximum Gasteiger partial charge on any atom is 0.436 e. The number of rotatable bonds is 7. The minimum absolute atomic E-state index is 0.0218. The molecule has 0 bridgehead atoms. The Balaban J connectivity index is 1.41. The molecule has 1 fully saturated rings. The van der Waals surface area contributed by atoms with Crippen LogP contribution in [0.4, 0.5) is 19.0 Å². The minimum atomic E-state index is -4.57. The topological polar surface area (TPSA) is 64.7 Å². The van der Waals surface area contributed by atoms with Gasteiger partial charge in [0.1, 0.15) is 0 Å². The van der Waals surface area contributed by atoms with Crippen LogP contribution in [0.3, 0.4) is 0 Å². The number of alkyl halides is 3. The Labute approximate surface area is 213 Å². The largest absolute Gasteiger partial charge is 0.436 e. The SMILES string of the molecule is O=C(CCn1nc(C(F)(F)F)c(Br)c1C1CC1)Nc1nn(Cc2ccc(Cl)c(Cl)c2)cc1Br. The van der Waals surface area contributed by atoms with E-state index in [0.29, 0.717) is 32.6 Å². The first kappa shape index (κ1) is 24.6. The van der Waals surface area contributed by atoms with Gasteiger partial charge in [0.2, 0.25) is 5.91 Å². The third-order valence-electron chi connectivity index (χ3n) is 5.02. The van der Waals surface area contributed by atoms with Gasteiger partial charge in [-0.1, -0.05) is 29.3 Å². The molecular formula is C20H16Br2Cl2F3N5O. The van der Waals surface area contributed by atoms with Crippen molar-refractivity contribution in [3.8, 4) is 0 Å². The molecule has 1 aromatic carbocycles. The zero-order valence-corrected chi connectivity index (χ0v) is 21.4. The van der Waals surface area contributed by atoms with E-state index >= 15 is 0 Å². The summed E-state index contributed by atoms with van der Waals surface area (Å²) in [6.07, 6.45) is -1.32. The van der Waals surface area contributed by atoms with E-state index in [1.54, 1.807) is 23.0 Å². The van der Waals surface area contributed by atoms with Gasteiger partial charge in [0, 0.05) is 18.5 Å². The highest BCUT2D eigenvalue weighted by Crippen LogP contribution is 2.47. The number of carbonyl (C=O) groups is 1. The Morgan fingerprint density at radius 2 is 1.91 bits per heavy atom. The second-order valence-corrected chi connectivity index (χ2v) is 10.1. The smallest absolute Gasteiger partial charge is 0.308 e. The van der Waals surface area contributed by atoms with Gasteiger partial charge in [0.05, 0.1) is 37.8 Å². The first-order chi connectivity index (χ1) is 15.5. The van der Waals surface area contributed by atoms with E-state index in [0.717, 1.165) is 18.4 Å². The van der Waals surface area contributed by atoms with E-state index in [2.05, 4.69) is 47.4 Å². The molecule has 1 saturated carbocycles. The molecule has 176 valence electrons. The molecule has 2 heterocycles. The van der Waals surface area contributed by atoms with Crippen LogP contribution in [-0.4, -0.2) is 25.5 Å². The monoisotopic (exact) mass is 627 g/mol. The Bertz CT molecular complexity index is 1210. The van der Waals surface area contributed by atoms with E-state index in [-0.39, 0.29) is 23.4 Å². The van der Waals surface area contributed by atoms with Crippen LogP contribution in [0.2, 0.25) is 10.0 Å². The number of halogens is 7. The zero-order chi connectivity index (χ0) is 23.9. The van der Waals surface area contributed by atoms with Gasteiger partial charge < -0.3 is 5.32 Å². The van der Waals surface area contributed by atoms with Crippen LogP contribution in [0.25, 0.3) is 0 Å². The second-order valence-electron chi connectivity index (χ2n) is 7.61. The van der Waals surface area contributed by atoms with Crippen LogP contribution in [0, 0.1) is 0 Å². The highest BCUT2D eigenvalue weighted by atomic mass is 79.9. The molecule has 1 aliphatic rings. The van der Waals surface area contributed by atoms with Crippen molar-refractivity contribution in [3.05, 3.63) is 60.3 Å². The summed E-state index contributed by atoms with van der Waals surface area (Å²) >= 11 is 18.4. The van der Waals surface area contributed by atoms with Crippen molar-refractivity contribution in [2.75, 3.05) is 5.32 Å². The first-order valence-electron chi connectivity index (χ1n) is 9.83. The van der Waals surface area contributed by atoms with Crippen LogP contribution in [0.15, 0.2) is 33.3 Å². The quantitative estimate of drug-likeness (QED) is 0.310. The number of benzene rings is 1. The maximum atomic E-state index is 13.2. The molecule has 0 spiro atoms. The molecule has 4 rings (SSSR count). The average molecular weight is 630 g/mol. The molecule has 0 atom stereocenters. The van der Waals surface area contributed by atoms with Gasteiger partial charge in [0.15, 0.2) is 11.5 Å². The van der Waals surface area contributed by atoms with Crippen molar-refractivity contribution in [3.63, 3.8) is 0 Å². The molecule has 0 aliphatic heterocycles. The molecule has 0 unspecified atom stereocenters. The van der Waals surface area contributed by atoms with E-state index in [1.807, 2.05) is 6.07 Å². The lowest BCUT2D eigenvalue weighted by Gasteiger charge is -2.07. The van der Waals surface area contributed by atoms with Crippen LogP contribution in [-0.2, 0) is 24.1 Å². The Kier molecular flexibility index (Phi) is 7.14. The lowest BCUT2D eigenvalue weighted by Crippen LogP contribution is -2.17. The normalized spacial score (nSPS) is 14.0. The van der Waals surface area contributed by atoms with Crippen molar-refractivity contribution in [2.24, 2.45) is 0 Å². The standard InChI is InChI=1S/C20H16Br2Cl2F3N5O/c21-12-9-31(8-10-1-4-13(23)14(24)7-10)30-19(12)28-15(33)5-6-32-17(11-2-3-11)16(22)18(29-32)20(25,26)27/h1,4,7,9,11H,2-3,5-6,8H2,(H,28,30,33). The maximum absolute atomic E-state index is 13.2. The van der Waals surface area contributed by atoms with Gasteiger partial charge in [-0.15, -0.1) is 0 Å². The van der Waals surface area contributed by atoms with Crippen LogP contribution < -0.4 is 5.32 Å². The van der Waals surface area contributed by atoms with Gasteiger partial charge in [-0.05, 0) is 62.4 Å². The van der Waals surface area contributed by atoms with Crippen LogP contribution in [0.1, 0.15) is 42.1 Å². The number of nitrogens with zero attached hydrogens (tertiary/aromatic N) is 4. The lowest BCUT2D eigenvalue weighted by molar-refractivity contribution is -0.142. The van der Waals surface area contributed by atoms with Crippen molar-refractivity contribution in [2.45, 2.75) is 44.4 Å². The molecule has 2 aromatic heterocycles. The minimum Gasteiger partial charge on any atom is -0.308 e. The zero-order valence-electron chi connectivity index (χ0n) is 16.8. The van der Waals surface area contributed by atoms with Crippen molar-refractivity contribution in [1.82, 2.24) is 19.6 Å². The number of aromatic nitrogens is 4. The molecule has 0 radical (unpaired) electrons. The number of carbonyl (C=O) groups excluding carboxylic acids is 1. The Hall–Kier alpha value is -1.56. The third-order valence-corrected chi connectivity index (χ3v) is 7.12. The fourth-order valence-corrected chi connectivity index (χ4v) is 4.91. The van der Waals surface area contributed by atoms with E-state index < -0.39 is 17.8 Å². The molecule has 3 aromatic rings. The van der Waals surface area contributed by atoms with E-state index in [4.69, 9.17) is 23.2 Å². The second kappa shape index (κ2) is 9.59. The summed E-state index contributed by atoms with van der Waals surface area (Å²) in [4.78, 5) is 12.5. The fourth-order valence-electron chi connectivity index (χ4n) is 3.34. The van der Waals surface area contributed by atoms with Gasteiger partial charge >= 0.3 is 6.18 Å². The van der Waals surface area contributed by atoms with Crippen LogP contribution >= 0.6 is 55.1 Å². The number of amides is 1. The predicted molar refractivity (Wildman–Crippen MR) is 126 cm³/mol. The molecule has 1 aliphatic carbocycles. The van der Waals surface area contributed by atoms with Crippen molar-refractivity contribution >= 4 is 66.8 Å². The summed E-state index contributed by atoms with van der Waals surface area (Å²) in [5.41, 5.74) is 0.394. The number of hydrogen-bond acceptors (Lipinski definition) is 3. The summed E-state index contributed by atoms with van der Waals surface area (Å²) in [7, 11) is 0. The molecule has 0 saturated heterocycles. The molecule has 1 N–H and O–H groups in total. The first-order valence-corrected chi connectivity index (χ1v) is 12.2. The Morgan fingerprint density at radius 1 is 1.18 bits per heavy atom. The lowest BCUT2D eigenvalue weighted by atomic mass is 10.2. The fraction of sp³-hybridized carbons (Fsp3) is 0.350. The number of nitrogens with one attached hydrogen (secondary N) is 1. The molecule has 1 amide bonds. The molecule has 13 heteroatoms. The molecular weight excluding hydrogens is 614 g/mol. The van der Waals surface area contributed by atoms with E-state index in [1.165, 1.54) is 4.68 Å². The number of hydrogen-bond donors (Lipinski definition) is 1. The van der Waals surface area contributed by atoms with Crippen molar-refractivity contribution in [1.29, 1.82) is 0 Å². The highest BCUT2D eigenvalue weighted by molar-refractivity contribution is 9.11. The van der Waals surface area contributed by atoms with Gasteiger partial charge in [-0.2, -0.15) is 23.4 Å². The summed E-state index contributed by atoms with van der Waals surface area (Å²) < 4.78 is 43.1. The summed E-state index contributed by atoms with van der Waals surface area (Å²) in [5, 5.41) is 11.6. The van der Waals surface area contributed by atoms with Crippen LogP contribution in [0.5, 0.6) is 0 Å². The molecule has 33 heavy (non-hydrogen) atoms. The van der Waals surface area contributed by atoms with Gasteiger partial charge in [-0.3, -0.25) is 14.2 Å². The number of anilines is 1. The number of aryl methyl sites for hydroxylation is 1. The highest BCUT2D eigenvalue weighted by Gasteiger charge is 2.41. The Morgan fingerprint density at radius 3 is 2.55 bits per heavy atom. The van der Waals surface area contributed by atoms with Gasteiger partial charge in [0.25, 0.3) is 0 Å². The summed E-state index contributed by atoms with van der Waals surface area (Å²) in [5.74, 6) is -0.0604. The summed E-state index contributed by atoms with van der Waals surface area (Å²) in [6.45, 7) is 0.422. The average Bonchev–Trinajstić information content (AvgIpc) is 3.42. The van der Waals surface area contributed by atoms with Crippen molar-refractivity contribution < 1.29 is 18.0 Å². The van der Waals surface area contributed by atoms with Gasteiger partial charge in [-0.25, -0.2) is 0 Å². The summed E-state index contributed by atoms with van der Waals surface area (Å²) in [6, 6.07) is 5.23. The van der Waals surface area contributed by atoms with E-state index in [9.17, 15) is 18.0 Å². The predicted octanol–water partition coefficient (Wildman–Crippen LogP) is 6.88. The third kappa shape index (κ3) is 5.75. The molecule has 6 nitrogen and oxygen atoms in total.